The monoisotopic (exact) mass is 231 g/mol. The molecule has 3 rings (SSSR count). The van der Waals surface area contributed by atoms with Crippen molar-refractivity contribution in [2.45, 2.75) is 51.5 Å². The topological polar surface area (TPSA) is 37.8 Å². The molecule has 1 saturated carbocycles. The van der Waals surface area contributed by atoms with Crippen molar-refractivity contribution in [1.82, 2.24) is 15.3 Å². The van der Waals surface area contributed by atoms with Crippen LogP contribution in [0.3, 0.4) is 0 Å². The molecule has 3 heteroatoms. The molecule has 0 amide bonds. The van der Waals surface area contributed by atoms with E-state index in [1.165, 1.54) is 30.5 Å². The highest BCUT2D eigenvalue weighted by molar-refractivity contribution is 5.27. The Morgan fingerprint density at radius 2 is 2.12 bits per heavy atom. The fourth-order valence-electron chi connectivity index (χ4n) is 2.86. The lowest BCUT2D eigenvalue weighted by Gasteiger charge is -2.36. The molecule has 2 aliphatic rings. The molecule has 0 saturated heterocycles. The molecule has 1 aromatic rings. The average molecular weight is 231 g/mol. The second-order valence-electron chi connectivity index (χ2n) is 6.29. The second-order valence-corrected chi connectivity index (χ2v) is 6.29. The van der Waals surface area contributed by atoms with Crippen molar-refractivity contribution in [3.63, 3.8) is 0 Å². The fourth-order valence-corrected chi connectivity index (χ4v) is 2.86. The zero-order chi connectivity index (χ0) is 12.0. The minimum Gasteiger partial charge on any atom is -0.313 e. The average Bonchev–Trinajstić information content (AvgIpc) is 3.09. The lowest BCUT2D eigenvalue weighted by molar-refractivity contribution is 0.259. The van der Waals surface area contributed by atoms with Gasteiger partial charge in [-0.3, -0.25) is 0 Å². The van der Waals surface area contributed by atoms with E-state index in [0.717, 1.165) is 12.2 Å². The Hall–Kier alpha value is -0.960. The Labute approximate surface area is 103 Å². The van der Waals surface area contributed by atoms with Gasteiger partial charge in [-0.2, -0.15) is 0 Å². The van der Waals surface area contributed by atoms with E-state index in [1.54, 1.807) is 0 Å². The summed E-state index contributed by atoms with van der Waals surface area (Å²) in [6.45, 7) is 4.67. The van der Waals surface area contributed by atoms with Crippen molar-refractivity contribution in [1.29, 1.82) is 0 Å². The van der Waals surface area contributed by atoms with Crippen LogP contribution in [-0.2, 0) is 6.42 Å². The zero-order valence-electron chi connectivity index (χ0n) is 11.0. The standard InChI is InChI=1S/C14H21N3/c1-14(2)6-11(15-3)10-8-16-13(9-4-5-9)17-12(10)7-14/h8-9,11,15H,4-7H2,1-3H3. The Kier molecular flexibility index (Phi) is 2.47. The quantitative estimate of drug-likeness (QED) is 0.850. The van der Waals surface area contributed by atoms with Crippen LogP contribution in [0, 0.1) is 5.41 Å². The van der Waals surface area contributed by atoms with Crippen LogP contribution in [0.25, 0.3) is 0 Å². The second kappa shape index (κ2) is 3.77. The predicted octanol–water partition coefficient (Wildman–Crippen LogP) is 2.59. The molecular formula is C14H21N3. The Balaban J connectivity index is 1.99. The van der Waals surface area contributed by atoms with E-state index in [-0.39, 0.29) is 0 Å². The molecule has 1 unspecified atom stereocenters. The van der Waals surface area contributed by atoms with Crippen molar-refractivity contribution in [2.24, 2.45) is 5.41 Å². The van der Waals surface area contributed by atoms with E-state index in [4.69, 9.17) is 4.98 Å². The highest BCUT2D eigenvalue weighted by Crippen LogP contribution is 2.42. The molecule has 1 aromatic heterocycles. The van der Waals surface area contributed by atoms with Crippen molar-refractivity contribution >= 4 is 0 Å². The van der Waals surface area contributed by atoms with Crippen LogP contribution in [0.1, 0.15) is 62.2 Å². The van der Waals surface area contributed by atoms with Crippen molar-refractivity contribution < 1.29 is 0 Å². The van der Waals surface area contributed by atoms with Crippen molar-refractivity contribution in [2.75, 3.05) is 7.05 Å². The van der Waals surface area contributed by atoms with Crippen LogP contribution < -0.4 is 5.32 Å². The maximum Gasteiger partial charge on any atom is 0.131 e. The number of fused-ring (bicyclic) bond motifs is 1. The first-order valence-electron chi connectivity index (χ1n) is 6.62. The van der Waals surface area contributed by atoms with Crippen LogP contribution in [0.4, 0.5) is 0 Å². The van der Waals surface area contributed by atoms with Gasteiger partial charge in [-0.05, 0) is 38.1 Å². The molecule has 3 nitrogen and oxygen atoms in total. The summed E-state index contributed by atoms with van der Waals surface area (Å²) in [6, 6.07) is 0.419. The van der Waals surface area contributed by atoms with Gasteiger partial charge in [0.1, 0.15) is 5.82 Å². The van der Waals surface area contributed by atoms with Gasteiger partial charge in [-0.25, -0.2) is 9.97 Å². The van der Waals surface area contributed by atoms with Crippen LogP contribution >= 0.6 is 0 Å². The summed E-state index contributed by atoms with van der Waals surface area (Å²) in [7, 11) is 2.03. The SMILES string of the molecule is CNC1CC(C)(C)Cc2nc(C3CC3)ncc21. The van der Waals surface area contributed by atoms with E-state index in [0.29, 0.717) is 17.4 Å². The first-order valence-corrected chi connectivity index (χ1v) is 6.62. The van der Waals surface area contributed by atoms with Crippen LogP contribution in [0.5, 0.6) is 0 Å². The molecule has 1 fully saturated rings. The highest BCUT2D eigenvalue weighted by atomic mass is 14.9. The zero-order valence-corrected chi connectivity index (χ0v) is 11.0. The number of hydrogen-bond acceptors (Lipinski definition) is 3. The van der Waals surface area contributed by atoms with Gasteiger partial charge in [0.2, 0.25) is 0 Å². The van der Waals surface area contributed by atoms with Gasteiger partial charge < -0.3 is 5.32 Å². The molecule has 0 bridgehead atoms. The summed E-state index contributed by atoms with van der Waals surface area (Å²) in [4.78, 5) is 9.37. The fraction of sp³-hybridized carbons (Fsp3) is 0.714. The molecule has 1 atom stereocenters. The number of nitrogens with one attached hydrogen (secondary N) is 1. The van der Waals surface area contributed by atoms with E-state index in [2.05, 4.69) is 30.3 Å². The molecule has 0 radical (unpaired) electrons. The molecule has 0 aromatic carbocycles. The van der Waals surface area contributed by atoms with Gasteiger partial charge >= 0.3 is 0 Å². The number of rotatable bonds is 2. The summed E-state index contributed by atoms with van der Waals surface area (Å²) >= 11 is 0. The van der Waals surface area contributed by atoms with Crippen LogP contribution in [0.15, 0.2) is 6.20 Å². The maximum absolute atomic E-state index is 4.82. The third kappa shape index (κ3) is 2.08. The molecule has 1 heterocycles. The van der Waals surface area contributed by atoms with Gasteiger partial charge in [0.25, 0.3) is 0 Å². The predicted molar refractivity (Wildman–Crippen MR) is 67.9 cm³/mol. The van der Waals surface area contributed by atoms with E-state index >= 15 is 0 Å². The molecule has 1 N–H and O–H groups in total. The number of nitrogens with zero attached hydrogens (tertiary/aromatic N) is 2. The third-order valence-corrected chi connectivity index (χ3v) is 3.99. The van der Waals surface area contributed by atoms with Gasteiger partial charge in [0, 0.05) is 29.4 Å². The maximum atomic E-state index is 4.82. The lowest BCUT2D eigenvalue weighted by Crippen LogP contribution is -2.32. The van der Waals surface area contributed by atoms with E-state index < -0.39 is 0 Å². The summed E-state index contributed by atoms with van der Waals surface area (Å²) < 4.78 is 0. The van der Waals surface area contributed by atoms with Crippen molar-refractivity contribution in [3.8, 4) is 0 Å². The first-order chi connectivity index (χ1) is 8.09. The first kappa shape index (κ1) is 11.1. The summed E-state index contributed by atoms with van der Waals surface area (Å²) in [5, 5.41) is 3.40. The lowest BCUT2D eigenvalue weighted by atomic mass is 9.74. The van der Waals surface area contributed by atoms with Gasteiger partial charge in [0.15, 0.2) is 0 Å². The highest BCUT2D eigenvalue weighted by Gasteiger charge is 2.34. The number of hydrogen-bond donors (Lipinski definition) is 1. The van der Waals surface area contributed by atoms with Crippen LogP contribution in [0.2, 0.25) is 0 Å². The molecule has 2 aliphatic carbocycles. The van der Waals surface area contributed by atoms with E-state index in [1.807, 2.05) is 7.05 Å². The van der Waals surface area contributed by atoms with Gasteiger partial charge in [-0.15, -0.1) is 0 Å². The largest absolute Gasteiger partial charge is 0.313 e. The normalized spacial score (nSPS) is 26.6. The molecule has 17 heavy (non-hydrogen) atoms. The Bertz CT molecular complexity index is 435. The van der Waals surface area contributed by atoms with Gasteiger partial charge in [-0.1, -0.05) is 13.8 Å². The van der Waals surface area contributed by atoms with Crippen LogP contribution in [-0.4, -0.2) is 17.0 Å². The molecule has 0 spiro atoms. The number of aromatic nitrogens is 2. The third-order valence-electron chi connectivity index (χ3n) is 3.99. The van der Waals surface area contributed by atoms with Gasteiger partial charge in [0.05, 0.1) is 0 Å². The Morgan fingerprint density at radius 1 is 1.35 bits per heavy atom. The van der Waals surface area contributed by atoms with E-state index in [9.17, 15) is 0 Å². The summed E-state index contributed by atoms with van der Waals surface area (Å²) in [5.74, 6) is 1.73. The molecule has 0 aliphatic heterocycles. The summed E-state index contributed by atoms with van der Waals surface area (Å²) in [5.41, 5.74) is 2.93. The minimum absolute atomic E-state index is 0.343. The minimum atomic E-state index is 0.343. The molecule has 92 valence electrons. The van der Waals surface area contributed by atoms with Crippen molar-refractivity contribution in [3.05, 3.63) is 23.3 Å². The molecular weight excluding hydrogens is 210 g/mol. The smallest absolute Gasteiger partial charge is 0.131 e. The summed E-state index contributed by atoms with van der Waals surface area (Å²) in [6.07, 6.45) is 6.87. The Morgan fingerprint density at radius 3 is 2.76 bits per heavy atom.